The fourth-order valence-corrected chi connectivity index (χ4v) is 3.73. The van der Waals surface area contributed by atoms with Crippen molar-refractivity contribution < 1.29 is 14.0 Å². The van der Waals surface area contributed by atoms with Crippen LogP contribution in [-0.2, 0) is 11.9 Å². The van der Waals surface area contributed by atoms with Gasteiger partial charge in [-0.25, -0.2) is 9.37 Å². The van der Waals surface area contributed by atoms with Crippen LogP contribution < -0.4 is 5.48 Å². The highest BCUT2D eigenvalue weighted by molar-refractivity contribution is 5.95. The van der Waals surface area contributed by atoms with Gasteiger partial charge in [-0.15, -0.1) is 5.48 Å². The second-order valence-electron chi connectivity index (χ2n) is 7.74. The van der Waals surface area contributed by atoms with Gasteiger partial charge in [0.15, 0.2) is 0 Å². The van der Waals surface area contributed by atoms with Gasteiger partial charge >= 0.3 is 0 Å². The van der Waals surface area contributed by atoms with E-state index in [2.05, 4.69) is 15.6 Å². The summed E-state index contributed by atoms with van der Waals surface area (Å²) >= 11 is 0. The number of likely N-dealkylation sites (N-methyl/N-ethyl adjacent to an activating group) is 1. The van der Waals surface area contributed by atoms with Gasteiger partial charge in [0.25, 0.3) is 5.91 Å². The molecule has 0 saturated carbocycles. The number of carbonyl (C=O) groups is 1. The number of halogens is 1. The molecular weight excluding hydrogens is 411 g/mol. The second-order valence-corrected chi connectivity index (χ2v) is 7.74. The summed E-state index contributed by atoms with van der Waals surface area (Å²) in [5.74, 6) is -0.390. The number of benzene rings is 1. The Morgan fingerprint density at radius 3 is 2.66 bits per heavy atom. The van der Waals surface area contributed by atoms with Crippen LogP contribution in [0.25, 0.3) is 28.0 Å². The summed E-state index contributed by atoms with van der Waals surface area (Å²) in [6.07, 6.45) is 8.65. The molecule has 8 nitrogen and oxygen atoms in total. The number of hydrogen-bond donors (Lipinski definition) is 1. The topological polar surface area (TPSA) is 76.7 Å². The number of rotatable bonds is 4. The number of hydroxylamine groups is 1. The van der Waals surface area contributed by atoms with Crippen LogP contribution in [0.15, 0.2) is 67.0 Å². The zero-order valence-electron chi connectivity index (χ0n) is 17.8. The number of allylic oxidation sites excluding steroid dienone is 1. The average Bonchev–Trinajstić information content (AvgIpc) is 3.51. The second kappa shape index (κ2) is 7.61. The van der Waals surface area contributed by atoms with Gasteiger partial charge in [-0.2, -0.15) is 5.10 Å². The van der Waals surface area contributed by atoms with E-state index in [1.54, 1.807) is 43.2 Å². The molecule has 1 atom stereocenters. The smallest absolute Gasteiger partial charge is 0.258 e. The summed E-state index contributed by atoms with van der Waals surface area (Å²) in [7, 11) is 3.46. The van der Waals surface area contributed by atoms with Gasteiger partial charge in [-0.1, -0.05) is 6.07 Å². The maximum atomic E-state index is 15.0. The van der Waals surface area contributed by atoms with E-state index in [9.17, 15) is 4.79 Å². The Balaban J connectivity index is 1.48. The molecule has 5 rings (SSSR count). The van der Waals surface area contributed by atoms with E-state index < -0.39 is 17.9 Å². The van der Waals surface area contributed by atoms with Crippen molar-refractivity contribution in [2.24, 2.45) is 7.05 Å². The predicted octanol–water partition coefficient (Wildman–Crippen LogP) is 3.38. The molecule has 0 saturated heterocycles. The van der Waals surface area contributed by atoms with E-state index in [0.29, 0.717) is 11.3 Å². The molecule has 1 aromatic carbocycles. The highest BCUT2D eigenvalue weighted by Crippen LogP contribution is 2.27. The minimum Gasteiger partial charge on any atom is -0.411 e. The zero-order chi connectivity index (χ0) is 22.4. The molecule has 1 aliphatic heterocycles. The molecule has 1 amide bonds. The van der Waals surface area contributed by atoms with Crippen LogP contribution in [0.5, 0.6) is 0 Å². The normalized spacial score (nSPS) is 15.6. The van der Waals surface area contributed by atoms with Crippen molar-refractivity contribution >= 4 is 11.6 Å². The number of nitrogens with one attached hydrogen (secondary N) is 1. The van der Waals surface area contributed by atoms with Gasteiger partial charge < -0.3 is 9.74 Å². The molecule has 1 N–H and O–H groups in total. The molecule has 0 spiro atoms. The molecular formula is C23H21FN6O2. The Labute approximate surface area is 183 Å². The first kappa shape index (κ1) is 20.0. The standard InChI is InChI=1S/C23H21FN6O2/c1-14-8-22(27-32-14)29(3)23(31)18-6-4-15(9-19(18)24)20-11-25-21-7-5-16(13-30(20)21)17-10-26-28(2)12-17/h4-13,22,27H,1-3H3. The number of amides is 1. The summed E-state index contributed by atoms with van der Waals surface area (Å²) in [6, 6.07) is 8.46. The monoisotopic (exact) mass is 432 g/mol. The molecule has 32 heavy (non-hydrogen) atoms. The average molecular weight is 432 g/mol. The first-order chi connectivity index (χ1) is 15.4. The first-order valence-electron chi connectivity index (χ1n) is 10.0. The Morgan fingerprint density at radius 1 is 1.16 bits per heavy atom. The van der Waals surface area contributed by atoms with Crippen LogP contribution in [-0.4, -0.2) is 43.2 Å². The molecule has 3 aromatic heterocycles. The highest BCUT2D eigenvalue weighted by atomic mass is 19.1. The maximum absolute atomic E-state index is 15.0. The summed E-state index contributed by atoms with van der Waals surface area (Å²) in [6.45, 7) is 1.77. The fourth-order valence-electron chi connectivity index (χ4n) is 3.73. The minimum atomic E-state index is -0.600. The van der Waals surface area contributed by atoms with Crippen LogP contribution in [0.4, 0.5) is 4.39 Å². The lowest BCUT2D eigenvalue weighted by molar-refractivity contribution is 0.0488. The van der Waals surface area contributed by atoms with Crippen LogP contribution in [0.1, 0.15) is 17.3 Å². The van der Waals surface area contributed by atoms with E-state index in [4.69, 9.17) is 4.84 Å². The maximum Gasteiger partial charge on any atom is 0.258 e. The van der Waals surface area contributed by atoms with Gasteiger partial charge in [0.2, 0.25) is 0 Å². The van der Waals surface area contributed by atoms with E-state index >= 15 is 4.39 Å². The number of pyridine rings is 1. The molecule has 4 aromatic rings. The molecule has 9 heteroatoms. The Bertz CT molecular complexity index is 1370. The van der Waals surface area contributed by atoms with Crippen LogP contribution in [0, 0.1) is 5.82 Å². The first-order valence-corrected chi connectivity index (χ1v) is 10.0. The number of fused-ring (bicyclic) bond motifs is 1. The lowest BCUT2D eigenvalue weighted by Crippen LogP contribution is -2.42. The molecule has 0 bridgehead atoms. The number of nitrogens with zero attached hydrogens (tertiary/aromatic N) is 5. The molecule has 0 fully saturated rings. The summed E-state index contributed by atoms with van der Waals surface area (Å²) in [5, 5.41) is 4.22. The Morgan fingerprint density at radius 2 is 1.97 bits per heavy atom. The number of hydrogen-bond acceptors (Lipinski definition) is 5. The van der Waals surface area contributed by atoms with Gasteiger partial charge in [0.1, 0.15) is 23.4 Å². The van der Waals surface area contributed by atoms with Crippen LogP contribution >= 0.6 is 0 Å². The van der Waals surface area contributed by atoms with Gasteiger partial charge in [-0.3, -0.25) is 13.9 Å². The van der Waals surface area contributed by atoms with Crippen LogP contribution in [0.2, 0.25) is 0 Å². The molecule has 0 aliphatic carbocycles. The fraction of sp³-hybridized carbons (Fsp3) is 0.174. The molecule has 0 radical (unpaired) electrons. The number of aryl methyl sites for hydroxylation is 1. The van der Waals surface area contributed by atoms with E-state index in [-0.39, 0.29) is 5.56 Å². The van der Waals surface area contributed by atoms with Gasteiger partial charge in [-0.05, 0) is 37.3 Å². The molecule has 1 aliphatic rings. The molecule has 162 valence electrons. The number of aromatic nitrogens is 4. The summed E-state index contributed by atoms with van der Waals surface area (Å²) in [4.78, 5) is 23.8. The number of imidazole rings is 1. The third kappa shape index (κ3) is 3.42. The van der Waals surface area contributed by atoms with Crippen molar-refractivity contribution in [2.75, 3.05) is 7.05 Å². The van der Waals surface area contributed by atoms with E-state index in [0.717, 1.165) is 22.5 Å². The summed E-state index contributed by atoms with van der Waals surface area (Å²) < 4.78 is 18.6. The third-order valence-electron chi connectivity index (χ3n) is 5.51. The highest BCUT2D eigenvalue weighted by Gasteiger charge is 2.26. The SMILES string of the molecule is CC1=CC(N(C)C(=O)c2ccc(-c3cnc4ccc(-c5cnn(C)c5)cn34)cc2F)NO1. The lowest BCUT2D eigenvalue weighted by Gasteiger charge is -2.22. The van der Waals surface area contributed by atoms with E-state index in [1.165, 1.54) is 17.0 Å². The van der Waals surface area contributed by atoms with Gasteiger partial charge in [0.05, 0.1) is 23.7 Å². The largest absolute Gasteiger partial charge is 0.411 e. The number of carbonyl (C=O) groups excluding carboxylic acids is 1. The zero-order valence-corrected chi connectivity index (χ0v) is 17.8. The van der Waals surface area contributed by atoms with Crippen molar-refractivity contribution in [1.82, 2.24) is 29.5 Å². The lowest BCUT2D eigenvalue weighted by atomic mass is 10.1. The van der Waals surface area contributed by atoms with Crippen molar-refractivity contribution in [1.29, 1.82) is 0 Å². The Kier molecular flexibility index (Phi) is 4.75. The van der Waals surface area contributed by atoms with Crippen molar-refractivity contribution in [3.05, 3.63) is 78.3 Å². The van der Waals surface area contributed by atoms with Crippen molar-refractivity contribution in [3.8, 4) is 22.4 Å². The predicted molar refractivity (Wildman–Crippen MR) is 117 cm³/mol. The van der Waals surface area contributed by atoms with Crippen molar-refractivity contribution in [2.45, 2.75) is 13.1 Å². The van der Waals surface area contributed by atoms with Crippen molar-refractivity contribution in [3.63, 3.8) is 0 Å². The summed E-state index contributed by atoms with van der Waals surface area (Å²) in [5.41, 5.74) is 6.73. The molecule has 4 heterocycles. The van der Waals surface area contributed by atoms with E-state index in [1.807, 2.05) is 36.0 Å². The molecule has 1 unspecified atom stereocenters. The van der Waals surface area contributed by atoms with Crippen LogP contribution in [0.3, 0.4) is 0 Å². The van der Waals surface area contributed by atoms with Gasteiger partial charge in [0, 0.05) is 43.2 Å². The quantitative estimate of drug-likeness (QED) is 0.535. The minimum absolute atomic E-state index is 0.0131. The third-order valence-corrected chi connectivity index (χ3v) is 5.51. The Hall–Kier alpha value is -3.98.